The fourth-order valence-electron chi connectivity index (χ4n) is 2.49. The first-order chi connectivity index (χ1) is 11.5. The van der Waals surface area contributed by atoms with E-state index in [0.717, 1.165) is 38.5 Å². The highest BCUT2D eigenvalue weighted by Gasteiger charge is 2.09. The average molecular weight is 342 g/mol. The first-order valence-corrected chi connectivity index (χ1v) is 8.91. The van der Waals surface area contributed by atoms with Gasteiger partial charge >= 0.3 is 0 Å². The summed E-state index contributed by atoms with van der Waals surface area (Å²) in [6.45, 7) is 1.83. The maximum Gasteiger partial charge on any atom is 0.123 e. The Bertz CT molecular complexity index is 422. The summed E-state index contributed by atoms with van der Waals surface area (Å²) < 4.78 is 18.2. The molecule has 5 heteroatoms. The molecule has 24 heavy (non-hydrogen) atoms. The Morgan fingerprint density at radius 2 is 1.42 bits per heavy atom. The Hall–Kier alpha value is -1.17. The molecule has 1 rings (SSSR count). The lowest BCUT2D eigenvalue weighted by molar-refractivity contribution is 0.0247. The number of hydrogen-bond donors (Lipinski definition) is 3. The lowest BCUT2D eigenvalue weighted by Gasteiger charge is -2.13. The number of aliphatic hydroxyl groups is 3. The van der Waals surface area contributed by atoms with Gasteiger partial charge in [-0.2, -0.15) is 0 Å². The van der Waals surface area contributed by atoms with E-state index in [1.807, 2.05) is 0 Å². The molecular formula is C19H31FO4. The van der Waals surface area contributed by atoms with Crippen molar-refractivity contribution in [1.29, 1.82) is 0 Å². The maximum absolute atomic E-state index is 12.7. The van der Waals surface area contributed by atoms with Crippen molar-refractivity contribution >= 4 is 0 Å². The van der Waals surface area contributed by atoms with Gasteiger partial charge in [0.25, 0.3) is 0 Å². The third-order valence-corrected chi connectivity index (χ3v) is 4.10. The Morgan fingerprint density at radius 3 is 2.00 bits per heavy atom. The second kappa shape index (κ2) is 12.2. The molecule has 0 radical (unpaired) electrons. The van der Waals surface area contributed by atoms with Gasteiger partial charge in [0, 0.05) is 0 Å². The van der Waals surface area contributed by atoms with Crippen molar-refractivity contribution in [3.8, 4) is 5.75 Å². The van der Waals surface area contributed by atoms with Gasteiger partial charge in [-0.05, 0) is 44.0 Å². The molecule has 0 saturated carbocycles. The smallest absolute Gasteiger partial charge is 0.123 e. The first kappa shape index (κ1) is 20.9. The Morgan fingerprint density at radius 1 is 0.875 bits per heavy atom. The molecule has 0 fully saturated rings. The molecule has 0 amide bonds. The van der Waals surface area contributed by atoms with Gasteiger partial charge in [-0.15, -0.1) is 0 Å². The zero-order valence-corrected chi connectivity index (χ0v) is 14.5. The van der Waals surface area contributed by atoms with Crippen LogP contribution in [0.5, 0.6) is 5.75 Å². The fraction of sp³-hybridized carbons (Fsp3) is 0.684. The zero-order chi connectivity index (χ0) is 17.8. The summed E-state index contributed by atoms with van der Waals surface area (Å²) >= 11 is 0. The topological polar surface area (TPSA) is 69.9 Å². The summed E-state index contributed by atoms with van der Waals surface area (Å²) in [4.78, 5) is 0. The summed E-state index contributed by atoms with van der Waals surface area (Å²) in [5.41, 5.74) is 0. The van der Waals surface area contributed by atoms with Gasteiger partial charge in [0.2, 0.25) is 0 Å². The van der Waals surface area contributed by atoms with Gasteiger partial charge in [0.15, 0.2) is 0 Å². The number of rotatable bonds is 13. The van der Waals surface area contributed by atoms with Gasteiger partial charge in [0.1, 0.15) is 18.2 Å². The molecule has 0 heterocycles. The van der Waals surface area contributed by atoms with Crippen LogP contribution in [0.25, 0.3) is 0 Å². The zero-order valence-electron chi connectivity index (χ0n) is 14.5. The number of halogens is 1. The van der Waals surface area contributed by atoms with E-state index >= 15 is 0 Å². The molecule has 0 bridgehead atoms. The Kier molecular flexibility index (Phi) is 10.6. The number of aliphatic hydroxyl groups excluding tert-OH is 3. The van der Waals surface area contributed by atoms with E-state index in [0.29, 0.717) is 18.6 Å². The van der Waals surface area contributed by atoms with E-state index in [9.17, 15) is 19.7 Å². The molecule has 0 spiro atoms. The van der Waals surface area contributed by atoms with E-state index in [4.69, 9.17) is 4.74 Å². The van der Waals surface area contributed by atoms with Crippen molar-refractivity contribution in [1.82, 2.24) is 0 Å². The molecule has 3 N–H and O–H groups in total. The van der Waals surface area contributed by atoms with Gasteiger partial charge < -0.3 is 20.1 Å². The van der Waals surface area contributed by atoms with Crippen molar-refractivity contribution < 1.29 is 24.4 Å². The highest BCUT2D eigenvalue weighted by Crippen LogP contribution is 2.14. The van der Waals surface area contributed by atoms with E-state index in [-0.39, 0.29) is 12.4 Å². The lowest BCUT2D eigenvalue weighted by Crippen LogP contribution is -2.21. The van der Waals surface area contributed by atoms with Crippen LogP contribution in [0, 0.1) is 5.82 Å². The quantitative estimate of drug-likeness (QED) is 0.480. The molecule has 0 aromatic heterocycles. The Balaban J connectivity index is 1.94. The van der Waals surface area contributed by atoms with Gasteiger partial charge in [-0.25, -0.2) is 4.39 Å². The predicted molar refractivity (Wildman–Crippen MR) is 92.5 cm³/mol. The van der Waals surface area contributed by atoms with Crippen LogP contribution in [-0.2, 0) is 0 Å². The third-order valence-electron chi connectivity index (χ3n) is 4.10. The van der Waals surface area contributed by atoms with E-state index in [2.05, 4.69) is 0 Å². The van der Waals surface area contributed by atoms with Crippen LogP contribution < -0.4 is 4.74 Å². The minimum absolute atomic E-state index is 0.225. The number of hydrogen-bond acceptors (Lipinski definition) is 4. The number of unbranched alkanes of at least 4 members (excludes halogenated alkanes) is 5. The van der Waals surface area contributed by atoms with Gasteiger partial charge in [-0.3, -0.25) is 0 Å². The van der Waals surface area contributed by atoms with Crippen LogP contribution >= 0.6 is 0 Å². The maximum atomic E-state index is 12.7. The highest BCUT2D eigenvalue weighted by atomic mass is 19.1. The van der Waals surface area contributed by atoms with Crippen LogP contribution in [0.4, 0.5) is 4.39 Å². The summed E-state index contributed by atoms with van der Waals surface area (Å²) in [5.74, 6) is 0.262. The predicted octanol–water partition coefficient (Wildman–Crippen LogP) is 3.43. The van der Waals surface area contributed by atoms with Gasteiger partial charge in [0.05, 0.1) is 18.3 Å². The van der Waals surface area contributed by atoms with E-state index in [1.54, 1.807) is 19.1 Å². The average Bonchev–Trinajstić information content (AvgIpc) is 2.56. The van der Waals surface area contributed by atoms with Crippen LogP contribution in [0.15, 0.2) is 24.3 Å². The normalized spacial score (nSPS) is 15.0. The van der Waals surface area contributed by atoms with Crippen molar-refractivity contribution in [2.75, 3.05) is 6.61 Å². The molecule has 1 aromatic rings. The Labute approximate surface area is 144 Å². The standard InChI is InChI=1S/C19H31FO4/c1-15(21)19(23)9-7-5-3-2-4-6-8-17(22)14-24-18-12-10-16(20)11-13-18/h10-13,15,17,19,21-23H,2-9,14H2,1H3/t15-,17-,19-/m1/s1. The molecule has 1 aromatic carbocycles. The minimum Gasteiger partial charge on any atom is -0.491 e. The summed E-state index contributed by atoms with van der Waals surface area (Å²) in [5, 5.41) is 28.5. The van der Waals surface area contributed by atoms with Crippen LogP contribution in [0.1, 0.15) is 58.3 Å². The molecular weight excluding hydrogens is 311 g/mol. The molecule has 0 aliphatic heterocycles. The van der Waals surface area contributed by atoms with E-state index < -0.39 is 18.3 Å². The van der Waals surface area contributed by atoms with Crippen LogP contribution in [0.2, 0.25) is 0 Å². The van der Waals surface area contributed by atoms with Gasteiger partial charge in [-0.1, -0.05) is 38.5 Å². The summed E-state index contributed by atoms with van der Waals surface area (Å²) in [6.07, 6.45) is 5.79. The van der Waals surface area contributed by atoms with Crippen molar-refractivity contribution in [3.63, 3.8) is 0 Å². The second-order valence-corrected chi connectivity index (χ2v) is 6.43. The lowest BCUT2D eigenvalue weighted by atomic mass is 10.0. The van der Waals surface area contributed by atoms with Crippen molar-refractivity contribution in [2.24, 2.45) is 0 Å². The first-order valence-electron chi connectivity index (χ1n) is 8.91. The molecule has 3 atom stereocenters. The molecule has 138 valence electrons. The largest absolute Gasteiger partial charge is 0.491 e. The molecule has 0 aliphatic rings. The summed E-state index contributed by atoms with van der Waals surface area (Å²) in [6, 6.07) is 5.77. The monoisotopic (exact) mass is 342 g/mol. The number of benzene rings is 1. The molecule has 0 unspecified atom stereocenters. The second-order valence-electron chi connectivity index (χ2n) is 6.43. The molecule has 0 aliphatic carbocycles. The minimum atomic E-state index is -0.649. The van der Waals surface area contributed by atoms with E-state index in [1.165, 1.54) is 12.1 Å². The van der Waals surface area contributed by atoms with Crippen LogP contribution in [0.3, 0.4) is 0 Å². The van der Waals surface area contributed by atoms with Crippen molar-refractivity contribution in [3.05, 3.63) is 30.1 Å². The summed E-state index contributed by atoms with van der Waals surface area (Å²) in [7, 11) is 0. The highest BCUT2D eigenvalue weighted by molar-refractivity contribution is 5.22. The molecule has 4 nitrogen and oxygen atoms in total. The van der Waals surface area contributed by atoms with Crippen LogP contribution in [-0.4, -0.2) is 40.2 Å². The SMILES string of the molecule is C[C@@H](O)[C@H](O)CCCCCCCC[C@@H](O)COc1ccc(F)cc1. The fourth-order valence-corrected chi connectivity index (χ4v) is 2.49. The third kappa shape index (κ3) is 9.85. The number of ether oxygens (including phenoxy) is 1. The molecule has 0 saturated heterocycles. The van der Waals surface area contributed by atoms with Crippen molar-refractivity contribution in [2.45, 2.75) is 76.6 Å².